The van der Waals surface area contributed by atoms with Gasteiger partial charge >= 0.3 is 0 Å². The lowest BCUT2D eigenvalue weighted by Gasteiger charge is -2.00. The first kappa shape index (κ1) is 17.2. The molecule has 0 unspecified atom stereocenters. The number of rotatable bonds is 3. The zero-order chi connectivity index (χ0) is 18.3. The molecule has 0 atom stereocenters. The fourth-order valence-corrected chi connectivity index (χ4v) is 4.89. The normalized spacial score (nSPS) is 11.0. The van der Waals surface area contributed by atoms with E-state index in [1.807, 2.05) is 61.7 Å². The van der Waals surface area contributed by atoms with Crippen LogP contribution in [0.2, 0.25) is 5.02 Å². The molecule has 0 saturated heterocycles. The van der Waals surface area contributed by atoms with Crippen molar-refractivity contribution in [3.8, 4) is 11.3 Å². The minimum Gasteiger partial charge on any atom is -0.297 e. The Balaban J connectivity index is 1.59. The van der Waals surface area contributed by atoms with Crippen LogP contribution in [0.3, 0.4) is 0 Å². The van der Waals surface area contributed by atoms with E-state index in [0.29, 0.717) is 15.0 Å². The van der Waals surface area contributed by atoms with Gasteiger partial charge in [0.1, 0.15) is 4.88 Å². The number of thiophene rings is 1. The summed E-state index contributed by atoms with van der Waals surface area (Å²) < 4.78 is 1.01. The third kappa shape index (κ3) is 3.26. The molecule has 2 aromatic heterocycles. The average Bonchev–Trinajstić information content (AvgIpc) is 3.20. The largest absolute Gasteiger partial charge is 0.297 e. The Bertz CT molecular complexity index is 1110. The number of hydrogen-bond donors (Lipinski definition) is 1. The maximum Gasteiger partial charge on any atom is 0.269 e. The number of amides is 1. The molecule has 0 aliphatic heterocycles. The van der Waals surface area contributed by atoms with E-state index in [1.54, 1.807) is 0 Å². The number of carbonyl (C=O) groups excluding carboxylic acids is 1. The highest BCUT2D eigenvalue weighted by Crippen LogP contribution is 2.36. The van der Waals surface area contributed by atoms with Crippen LogP contribution in [-0.2, 0) is 0 Å². The molecule has 0 saturated carbocycles. The number of fused-ring (bicyclic) bond motifs is 1. The maximum atomic E-state index is 12.7. The summed E-state index contributed by atoms with van der Waals surface area (Å²) in [6.45, 7) is 4.07. The maximum absolute atomic E-state index is 12.7. The van der Waals surface area contributed by atoms with Gasteiger partial charge in [-0.1, -0.05) is 53.6 Å². The molecule has 2 aromatic carbocycles. The van der Waals surface area contributed by atoms with Crippen molar-refractivity contribution in [2.24, 2.45) is 0 Å². The van der Waals surface area contributed by atoms with Crippen LogP contribution >= 0.6 is 34.3 Å². The fourth-order valence-electron chi connectivity index (χ4n) is 2.66. The van der Waals surface area contributed by atoms with Gasteiger partial charge < -0.3 is 0 Å². The van der Waals surface area contributed by atoms with Gasteiger partial charge in [0.05, 0.1) is 10.7 Å². The van der Waals surface area contributed by atoms with Gasteiger partial charge in [0.15, 0.2) is 5.13 Å². The fraction of sp³-hybridized carbons (Fsp3) is 0.100. The van der Waals surface area contributed by atoms with E-state index in [2.05, 4.69) is 10.3 Å². The summed E-state index contributed by atoms with van der Waals surface area (Å²) in [7, 11) is 0. The highest BCUT2D eigenvalue weighted by molar-refractivity contribution is 7.22. The smallest absolute Gasteiger partial charge is 0.269 e. The number of nitrogens with zero attached hydrogens (tertiary/aromatic N) is 1. The number of thiazole rings is 1. The van der Waals surface area contributed by atoms with Crippen LogP contribution in [0.1, 0.15) is 20.8 Å². The number of nitrogens with one attached hydrogen (secondary N) is 1. The standard InChI is InChI=1S/C20H15ClN2OS2/c1-11-3-6-13(7-4-11)15-10-25-20(22-15)23-19(24)18-17(21)14-8-5-12(2)9-16(14)26-18/h3-10H,1-2H3,(H,22,23,24). The SMILES string of the molecule is Cc1ccc(-c2csc(NC(=O)c3sc4cc(C)ccc4c3Cl)n2)cc1. The molecule has 26 heavy (non-hydrogen) atoms. The van der Waals surface area contributed by atoms with Gasteiger partial charge in [-0.15, -0.1) is 22.7 Å². The molecule has 1 N–H and O–H groups in total. The van der Waals surface area contributed by atoms with E-state index in [1.165, 1.54) is 28.2 Å². The summed E-state index contributed by atoms with van der Waals surface area (Å²) in [5, 5.41) is 6.78. The first-order valence-corrected chi connectivity index (χ1v) is 10.1. The molecule has 0 bridgehead atoms. The number of hydrogen-bond acceptors (Lipinski definition) is 4. The summed E-state index contributed by atoms with van der Waals surface area (Å²) in [6, 6.07) is 14.2. The molecule has 3 nitrogen and oxygen atoms in total. The number of carbonyl (C=O) groups is 1. The predicted octanol–water partition coefficient (Wildman–Crippen LogP) is 6.55. The first-order valence-electron chi connectivity index (χ1n) is 8.04. The molecule has 4 aromatic rings. The Morgan fingerprint density at radius 1 is 1.08 bits per heavy atom. The van der Waals surface area contributed by atoms with Crippen LogP contribution in [0.4, 0.5) is 5.13 Å². The Labute approximate surface area is 164 Å². The van der Waals surface area contributed by atoms with Crippen LogP contribution in [0.25, 0.3) is 21.3 Å². The highest BCUT2D eigenvalue weighted by atomic mass is 35.5. The van der Waals surface area contributed by atoms with E-state index in [0.717, 1.165) is 26.9 Å². The van der Waals surface area contributed by atoms with Crippen molar-refractivity contribution in [1.29, 1.82) is 0 Å². The number of halogens is 1. The van der Waals surface area contributed by atoms with Crippen LogP contribution < -0.4 is 5.32 Å². The molecule has 4 rings (SSSR count). The number of aryl methyl sites for hydroxylation is 2. The minimum absolute atomic E-state index is 0.223. The van der Waals surface area contributed by atoms with E-state index in [4.69, 9.17) is 11.6 Å². The van der Waals surface area contributed by atoms with Crippen molar-refractivity contribution in [3.05, 3.63) is 68.9 Å². The summed E-state index contributed by atoms with van der Waals surface area (Å²) in [4.78, 5) is 17.7. The summed E-state index contributed by atoms with van der Waals surface area (Å²) >= 11 is 9.23. The van der Waals surface area contributed by atoms with Gasteiger partial charge in [-0.2, -0.15) is 0 Å². The molecule has 2 heterocycles. The molecule has 0 radical (unpaired) electrons. The van der Waals surface area contributed by atoms with Crippen molar-refractivity contribution >= 4 is 55.4 Å². The van der Waals surface area contributed by atoms with E-state index >= 15 is 0 Å². The van der Waals surface area contributed by atoms with E-state index < -0.39 is 0 Å². The Morgan fingerprint density at radius 3 is 2.58 bits per heavy atom. The van der Waals surface area contributed by atoms with Crippen molar-refractivity contribution in [2.75, 3.05) is 5.32 Å². The average molecular weight is 399 g/mol. The second-order valence-electron chi connectivity index (χ2n) is 6.10. The summed E-state index contributed by atoms with van der Waals surface area (Å²) in [5.41, 5.74) is 4.23. The lowest BCUT2D eigenvalue weighted by molar-refractivity contribution is 0.103. The second kappa shape index (κ2) is 6.83. The van der Waals surface area contributed by atoms with Gasteiger partial charge in [0.25, 0.3) is 5.91 Å². The van der Waals surface area contributed by atoms with Gasteiger partial charge in [-0.25, -0.2) is 4.98 Å². The minimum atomic E-state index is -0.223. The Kier molecular flexibility index (Phi) is 4.53. The molecule has 1 amide bonds. The van der Waals surface area contributed by atoms with Gasteiger partial charge in [0.2, 0.25) is 0 Å². The van der Waals surface area contributed by atoms with Crippen molar-refractivity contribution < 1.29 is 4.79 Å². The van der Waals surface area contributed by atoms with E-state index in [9.17, 15) is 4.79 Å². The van der Waals surface area contributed by atoms with E-state index in [-0.39, 0.29) is 5.91 Å². The summed E-state index contributed by atoms with van der Waals surface area (Å²) in [5.74, 6) is -0.223. The van der Waals surface area contributed by atoms with Gasteiger partial charge in [-0.05, 0) is 25.5 Å². The van der Waals surface area contributed by atoms with Gasteiger partial charge in [0, 0.05) is 21.0 Å². The van der Waals surface area contributed by atoms with Crippen molar-refractivity contribution in [1.82, 2.24) is 4.98 Å². The topological polar surface area (TPSA) is 42.0 Å². The second-order valence-corrected chi connectivity index (χ2v) is 8.39. The number of benzene rings is 2. The van der Waals surface area contributed by atoms with Crippen LogP contribution in [0.15, 0.2) is 47.8 Å². The highest BCUT2D eigenvalue weighted by Gasteiger charge is 2.18. The van der Waals surface area contributed by atoms with Gasteiger partial charge in [-0.3, -0.25) is 10.1 Å². The lowest BCUT2D eigenvalue weighted by atomic mass is 10.1. The van der Waals surface area contributed by atoms with Crippen LogP contribution in [0, 0.1) is 13.8 Å². The Morgan fingerprint density at radius 2 is 1.81 bits per heavy atom. The van der Waals surface area contributed by atoms with Crippen molar-refractivity contribution in [3.63, 3.8) is 0 Å². The summed E-state index contributed by atoms with van der Waals surface area (Å²) in [6.07, 6.45) is 0. The molecular formula is C20H15ClN2OS2. The third-order valence-corrected chi connectivity index (χ3v) is 6.48. The molecule has 0 aliphatic carbocycles. The molecule has 6 heteroatoms. The van der Waals surface area contributed by atoms with Crippen molar-refractivity contribution in [2.45, 2.75) is 13.8 Å². The molecule has 0 spiro atoms. The number of anilines is 1. The molecule has 130 valence electrons. The lowest BCUT2D eigenvalue weighted by Crippen LogP contribution is -2.10. The molecule has 0 aliphatic rings. The molecule has 0 fully saturated rings. The monoisotopic (exact) mass is 398 g/mol. The zero-order valence-corrected chi connectivity index (χ0v) is 16.6. The third-order valence-electron chi connectivity index (χ3n) is 4.06. The Hall–Kier alpha value is -2.21. The van der Waals surface area contributed by atoms with Crippen LogP contribution in [-0.4, -0.2) is 10.9 Å². The van der Waals surface area contributed by atoms with Crippen LogP contribution in [0.5, 0.6) is 0 Å². The quantitative estimate of drug-likeness (QED) is 0.425. The number of aromatic nitrogens is 1. The zero-order valence-electron chi connectivity index (χ0n) is 14.2. The first-order chi connectivity index (χ1) is 12.5. The predicted molar refractivity (Wildman–Crippen MR) is 112 cm³/mol. The molecular weight excluding hydrogens is 384 g/mol.